The Morgan fingerprint density at radius 3 is 2.69 bits per heavy atom. The van der Waals surface area contributed by atoms with Crippen LogP contribution in [0.5, 0.6) is 5.75 Å². The fourth-order valence-electron chi connectivity index (χ4n) is 3.22. The molecule has 0 aliphatic carbocycles. The molecule has 2 aromatic carbocycles. The minimum Gasteiger partial charge on any atom is -0.481 e. The average Bonchev–Trinajstić information content (AvgIpc) is 3.23. The summed E-state index contributed by atoms with van der Waals surface area (Å²) < 4.78 is 20.4. The molecule has 0 saturated carbocycles. The third kappa shape index (κ3) is 5.37. The van der Waals surface area contributed by atoms with Gasteiger partial charge < -0.3 is 15.4 Å². The van der Waals surface area contributed by atoms with Crippen LogP contribution in [0, 0.1) is 5.82 Å². The standard InChI is InChI=1S/C23H23FN6O2/c24-19-8-4-5-9-20(19)32-15-21(31)25-12-13-30-23-18(14-29-30)22(27-16-28-23)26-11-10-17-6-2-1-3-7-17/h1-9,14,16H,10-13,15H2,(H,25,31)(H,26,27,28). The Balaban J connectivity index is 1.28. The van der Waals surface area contributed by atoms with Crippen molar-refractivity contribution >= 4 is 22.8 Å². The summed E-state index contributed by atoms with van der Waals surface area (Å²) in [5, 5.41) is 11.3. The first-order chi connectivity index (χ1) is 15.7. The van der Waals surface area contributed by atoms with Gasteiger partial charge in [-0.05, 0) is 24.1 Å². The number of amides is 1. The fourth-order valence-corrected chi connectivity index (χ4v) is 3.22. The van der Waals surface area contributed by atoms with Crippen molar-refractivity contribution < 1.29 is 13.9 Å². The predicted octanol–water partition coefficient (Wildman–Crippen LogP) is 2.82. The lowest BCUT2D eigenvalue weighted by Crippen LogP contribution is -2.31. The maximum Gasteiger partial charge on any atom is 0.258 e. The average molecular weight is 434 g/mol. The Kier molecular flexibility index (Phi) is 6.86. The van der Waals surface area contributed by atoms with E-state index >= 15 is 0 Å². The van der Waals surface area contributed by atoms with E-state index in [4.69, 9.17) is 4.74 Å². The molecule has 0 saturated heterocycles. The van der Waals surface area contributed by atoms with Crippen molar-refractivity contribution in [3.63, 3.8) is 0 Å². The van der Waals surface area contributed by atoms with Crippen LogP contribution in [-0.4, -0.2) is 45.4 Å². The van der Waals surface area contributed by atoms with E-state index < -0.39 is 5.82 Å². The molecular weight excluding hydrogens is 411 g/mol. The van der Waals surface area contributed by atoms with E-state index in [9.17, 15) is 9.18 Å². The number of para-hydroxylation sites is 1. The molecule has 0 spiro atoms. The molecule has 0 radical (unpaired) electrons. The molecule has 1 amide bonds. The second kappa shape index (κ2) is 10.3. The van der Waals surface area contributed by atoms with Crippen LogP contribution < -0.4 is 15.4 Å². The number of benzene rings is 2. The SMILES string of the molecule is O=C(COc1ccccc1F)NCCn1ncc2c(NCCc3ccccc3)ncnc21. The second-order valence-electron chi connectivity index (χ2n) is 7.06. The topological polar surface area (TPSA) is 94.0 Å². The molecule has 0 aliphatic rings. The maximum absolute atomic E-state index is 13.5. The van der Waals surface area contributed by atoms with Crippen molar-refractivity contribution in [2.75, 3.05) is 25.0 Å². The summed E-state index contributed by atoms with van der Waals surface area (Å²) in [6.07, 6.45) is 4.08. The van der Waals surface area contributed by atoms with Crippen LogP contribution >= 0.6 is 0 Å². The molecule has 2 aromatic heterocycles. The lowest BCUT2D eigenvalue weighted by molar-refractivity contribution is -0.123. The van der Waals surface area contributed by atoms with Gasteiger partial charge in [-0.3, -0.25) is 4.79 Å². The first-order valence-electron chi connectivity index (χ1n) is 10.3. The largest absolute Gasteiger partial charge is 0.481 e. The van der Waals surface area contributed by atoms with Gasteiger partial charge in [0.1, 0.15) is 12.1 Å². The van der Waals surface area contributed by atoms with Gasteiger partial charge >= 0.3 is 0 Å². The molecule has 4 rings (SSSR count). The highest BCUT2D eigenvalue weighted by molar-refractivity contribution is 5.86. The molecule has 0 unspecified atom stereocenters. The van der Waals surface area contributed by atoms with E-state index in [2.05, 4.69) is 37.8 Å². The fraction of sp³-hybridized carbons (Fsp3) is 0.217. The van der Waals surface area contributed by atoms with Gasteiger partial charge in [0.25, 0.3) is 5.91 Å². The summed E-state index contributed by atoms with van der Waals surface area (Å²) in [7, 11) is 0. The van der Waals surface area contributed by atoms with Crippen molar-refractivity contribution in [2.24, 2.45) is 0 Å². The Labute approximate surface area is 184 Å². The van der Waals surface area contributed by atoms with Crippen molar-refractivity contribution in [3.05, 3.63) is 78.5 Å². The number of carbonyl (C=O) groups is 1. The summed E-state index contributed by atoms with van der Waals surface area (Å²) in [6, 6.07) is 16.2. The first-order valence-corrected chi connectivity index (χ1v) is 10.3. The number of fused-ring (bicyclic) bond motifs is 1. The maximum atomic E-state index is 13.5. The number of ether oxygens (including phenoxy) is 1. The van der Waals surface area contributed by atoms with E-state index in [1.807, 2.05) is 18.2 Å². The van der Waals surface area contributed by atoms with E-state index in [0.29, 0.717) is 18.7 Å². The van der Waals surface area contributed by atoms with Gasteiger partial charge in [-0.2, -0.15) is 5.10 Å². The summed E-state index contributed by atoms with van der Waals surface area (Å²) in [6.45, 7) is 1.23. The number of hydrogen-bond donors (Lipinski definition) is 2. The van der Waals surface area contributed by atoms with Crippen LogP contribution in [0.3, 0.4) is 0 Å². The predicted molar refractivity (Wildman–Crippen MR) is 119 cm³/mol. The molecule has 0 atom stereocenters. The molecule has 32 heavy (non-hydrogen) atoms. The van der Waals surface area contributed by atoms with E-state index in [1.54, 1.807) is 23.0 Å². The van der Waals surface area contributed by atoms with Crippen molar-refractivity contribution in [1.29, 1.82) is 0 Å². The molecule has 0 aliphatic heterocycles. The highest BCUT2D eigenvalue weighted by Gasteiger charge is 2.10. The molecule has 2 N–H and O–H groups in total. The number of carbonyl (C=O) groups excluding carboxylic acids is 1. The van der Waals surface area contributed by atoms with Crippen LogP contribution in [0.15, 0.2) is 67.1 Å². The first kappa shape index (κ1) is 21.2. The van der Waals surface area contributed by atoms with Gasteiger partial charge in [-0.1, -0.05) is 42.5 Å². The molecule has 2 heterocycles. The minimum absolute atomic E-state index is 0.0460. The Morgan fingerprint density at radius 1 is 1.03 bits per heavy atom. The zero-order valence-electron chi connectivity index (χ0n) is 17.4. The van der Waals surface area contributed by atoms with Crippen molar-refractivity contribution in [2.45, 2.75) is 13.0 Å². The molecule has 9 heteroatoms. The molecular formula is C23H23FN6O2. The van der Waals surface area contributed by atoms with Gasteiger partial charge in [0, 0.05) is 13.1 Å². The Morgan fingerprint density at radius 2 is 1.84 bits per heavy atom. The molecule has 0 bridgehead atoms. The monoisotopic (exact) mass is 434 g/mol. The Hall–Kier alpha value is -4.01. The van der Waals surface area contributed by atoms with Crippen molar-refractivity contribution in [3.8, 4) is 5.75 Å². The number of nitrogens with one attached hydrogen (secondary N) is 2. The van der Waals surface area contributed by atoms with Gasteiger partial charge in [0.2, 0.25) is 0 Å². The smallest absolute Gasteiger partial charge is 0.258 e. The highest BCUT2D eigenvalue weighted by atomic mass is 19.1. The molecule has 164 valence electrons. The van der Waals surface area contributed by atoms with Gasteiger partial charge in [-0.25, -0.2) is 19.0 Å². The summed E-state index contributed by atoms with van der Waals surface area (Å²) in [5.41, 5.74) is 1.93. The van der Waals surface area contributed by atoms with Crippen LogP contribution in [0.1, 0.15) is 5.56 Å². The highest BCUT2D eigenvalue weighted by Crippen LogP contribution is 2.18. The zero-order valence-corrected chi connectivity index (χ0v) is 17.4. The zero-order chi connectivity index (χ0) is 22.2. The summed E-state index contributed by atoms with van der Waals surface area (Å²) in [4.78, 5) is 20.6. The number of hydrogen-bond acceptors (Lipinski definition) is 6. The third-order valence-electron chi connectivity index (χ3n) is 4.82. The summed E-state index contributed by atoms with van der Waals surface area (Å²) in [5.74, 6) is -0.0806. The van der Waals surface area contributed by atoms with Gasteiger partial charge in [0.15, 0.2) is 23.8 Å². The van der Waals surface area contributed by atoms with Crippen LogP contribution in [-0.2, 0) is 17.8 Å². The lowest BCUT2D eigenvalue weighted by Gasteiger charge is -2.09. The molecule has 4 aromatic rings. The van der Waals surface area contributed by atoms with Crippen LogP contribution in [0.4, 0.5) is 10.2 Å². The lowest BCUT2D eigenvalue weighted by atomic mass is 10.1. The number of anilines is 1. The number of aromatic nitrogens is 4. The van der Waals surface area contributed by atoms with Crippen molar-refractivity contribution in [1.82, 2.24) is 25.1 Å². The van der Waals surface area contributed by atoms with Crippen LogP contribution in [0.25, 0.3) is 11.0 Å². The number of nitrogens with zero attached hydrogens (tertiary/aromatic N) is 4. The summed E-state index contributed by atoms with van der Waals surface area (Å²) >= 11 is 0. The normalized spacial score (nSPS) is 10.8. The molecule has 8 nitrogen and oxygen atoms in total. The minimum atomic E-state index is -0.504. The van der Waals surface area contributed by atoms with E-state index in [1.165, 1.54) is 24.0 Å². The number of halogens is 1. The second-order valence-corrected chi connectivity index (χ2v) is 7.06. The molecule has 0 fully saturated rings. The quantitative estimate of drug-likeness (QED) is 0.399. The Bertz CT molecular complexity index is 1180. The van der Waals surface area contributed by atoms with Gasteiger partial charge in [0.05, 0.1) is 18.1 Å². The van der Waals surface area contributed by atoms with E-state index in [0.717, 1.165) is 24.2 Å². The van der Waals surface area contributed by atoms with Crippen LogP contribution in [0.2, 0.25) is 0 Å². The van der Waals surface area contributed by atoms with Gasteiger partial charge in [-0.15, -0.1) is 0 Å². The number of rotatable bonds is 10. The van der Waals surface area contributed by atoms with E-state index in [-0.39, 0.29) is 18.3 Å². The third-order valence-corrected chi connectivity index (χ3v) is 4.82.